The molecule has 0 heterocycles. The van der Waals surface area contributed by atoms with E-state index in [1.807, 2.05) is 0 Å². The topological polar surface area (TPSA) is 12.0 Å². The number of hydrogen-bond donors (Lipinski definition) is 1. The highest BCUT2D eigenvalue weighted by atomic mass is 14.9. The Kier molecular flexibility index (Phi) is 3.57. The van der Waals surface area contributed by atoms with Gasteiger partial charge in [0.05, 0.1) is 0 Å². The van der Waals surface area contributed by atoms with Gasteiger partial charge in [-0.2, -0.15) is 0 Å². The van der Waals surface area contributed by atoms with Gasteiger partial charge in [-0.05, 0) is 37.6 Å². The lowest BCUT2D eigenvalue weighted by Gasteiger charge is -2.17. The van der Waals surface area contributed by atoms with E-state index in [4.69, 9.17) is 0 Å². The van der Waals surface area contributed by atoms with Gasteiger partial charge in [-0.25, -0.2) is 0 Å². The second-order valence-corrected chi connectivity index (χ2v) is 5.25. The first-order valence-electron chi connectivity index (χ1n) is 5.31. The first kappa shape index (κ1) is 10.0. The van der Waals surface area contributed by atoms with Crippen molar-refractivity contribution >= 4 is 0 Å². The lowest BCUT2D eigenvalue weighted by molar-refractivity contribution is 0.358. The van der Waals surface area contributed by atoms with Crippen LogP contribution in [0.4, 0.5) is 0 Å². The van der Waals surface area contributed by atoms with Crippen LogP contribution in [-0.4, -0.2) is 12.6 Å². The van der Waals surface area contributed by atoms with Gasteiger partial charge in [0.1, 0.15) is 0 Å². The van der Waals surface area contributed by atoms with Crippen LogP contribution in [0.1, 0.15) is 52.9 Å². The van der Waals surface area contributed by atoms with E-state index in [1.165, 1.54) is 38.6 Å². The summed E-state index contributed by atoms with van der Waals surface area (Å²) in [5, 5.41) is 3.54. The van der Waals surface area contributed by atoms with Crippen LogP contribution in [0.25, 0.3) is 0 Å². The summed E-state index contributed by atoms with van der Waals surface area (Å²) in [6, 6.07) is 0.889. The van der Waals surface area contributed by atoms with Crippen molar-refractivity contribution in [2.45, 2.75) is 58.9 Å². The van der Waals surface area contributed by atoms with Crippen LogP contribution >= 0.6 is 0 Å². The normalized spacial score (nSPS) is 18.2. The zero-order valence-corrected chi connectivity index (χ0v) is 8.82. The maximum atomic E-state index is 3.54. The molecule has 0 aromatic carbocycles. The summed E-state index contributed by atoms with van der Waals surface area (Å²) in [5.41, 5.74) is 0.527. The monoisotopic (exact) mass is 169 g/mol. The first-order chi connectivity index (χ1) is 5.58. The van der Waals surface area contributed by atoms with E-state index in [-0.39, 0.29) is 0 Å². The van der Waals surface area contributed by atoms with Gasteiger partial charge in [-0.1, -0.05) is 27.2 Å². The average Bonchev–Trinajstić information content (AvgIpc) is 2.68. The minimum absolute atomic E-state index is 0.527. The summed E-state index contributed by atoms with van der Waals surface area (Å²) < 4.78 is 0. The van der Waals surface area contributed by atoms with Crippen molar-refractivity contribution in [1.82, 2.24) is 5.32 Å². The molecule has 1 saturated carbocycles. The highest BCUT2D eigenvalue weighted by Gasteiger charge is 2.19. The zero-order chi connectivity index (χ0) is 9.03. The molecule has 0 amide bonds. The zero-order valence-electron chi connectivity index (χ0n) is 8.82. The lowest BCUT2D eigenvalue weighted by atomic mass is 9.90. The third-order valence-corrected chi connectivity index (χ3v) is 2.36. The van der Waals surface area contributed by atoms with Crippen molar-refractivity contribution in [3.63, 3.8) is 0 Å². The fourth-order valence-corrected chi connectivity index (χ4v) is 1.37. The van der Waals surface area contributed by atoms with E-state index in [2.05, 4.69) is 26.1 Å². The summed E-state index contributed by atoms with van der Waals surface area (Å²) in [7, 11) is 0. The van der Waals surface area contributed by atoms with Crippen LogP contribution in [0, 0.1) is 5.41 Å². The molecule has 0 bridgehead atoms. The average molecular weight is 169 g/mol. The molecule has 0 radical (unpaired) electrons. The summed E-state index contributed by atoms with van der Waals surface area (Å²) >= 11 is 0. The number of hydrogen-bond acceptors (Lipinski definition) is 1. The minimum atomic E-state index is 0.527. The third-order valence-electron chi connectivity index (χ3n) is 2.36. The van der Waals surface area contributed by atoms with Gasteiger partial charge in [-0.3, -0.25) is 0 Å². The molecule has 0 aromatic rings. The minimum Gasteiger partial charge on any atom is -0.314 e. The molecule has 0 aromatic heterocycles. The van der Waals surface area contributed by atoms with Crippen LogP contribution in [0.2, 0.25) is 0 Å². The van der Waals surface area contributed by atoms with Gasteiger partial charge >= 0.3 is 0 Å². The van der Waals surface area contributed by atoms with Crippen LogP contribution in [0.3, 0.4) is 0 Å². The lowest BCUT2D eigenvalue weighted by Crippen LogP contribution is -2.17. The van der Waals surface area contributed by atoms with E-state index < -0.39 is 0 Å². The molecule has 1 nitrogen and oxygen atoms in total. The van der Waals surface area contributed by atoms with Crippen molar-refractivity contribution in [2.24, 2.45) is 5.41 Å². The fraction of sp³-hybridized carbons (Fsp3) is 1.00. The van der Waals surface area contributed by atoms with Crippen molar-refractivity contribution in [3.8, 4) is 0 Å². The molecular weight excluding hydrogens is 146 g/mol. The molecule has 0 saturated heterocycles. The fourth-order valence-electron chi connectivity index (χ4n) is 1.37. The van der Waals surface area contributed by atoms with E-state index >= 15 is 0 Å². The summed E-state index contributed by atoms with van der Waals surface area (Å²) in [5.74, 6) is 0. The van der Waals surface area contributed by atoms with Crippen molar-refractivity contribution < 1.29 is 0 Å². The summed E-state index contributed by atoms with van der Waals surface area (Å²) in [6.45, 7) is 8.20. The van der Waals surface area contributed by atoms with Crippen molar-refractivity contribution in [1.29, 1.82) is 0 Å². The molecule has 1 rings (SSSR count). The molecule has 1 N–H and O–H groups in total. The van der Waals surface area contributed by atoms with Crippen LogP contribution in [-0.2, 0) is 0 Å². The Morgan fingerprint density at radius 1 is 1.17 bits per heavy atom. The predicted molar refractivity (Wildman–Crippen MR) is 54.3 cm³/mol. The third kappa shape index (κ3) is 5.59. The largest absolute Gasteiger partial charge is 0.314 e. The SMILES string of the molecule is CC(C)(C)CCCCNC1CC1. The van der Waals surface area contributed by atoms with Gasteiger partial charge in [0.2, 0.25) is 0 Å². The van der Waals surface area contributed by atoms with Crippen LogP contribution in [0.5, 0.6) is 0 Å². The Balaban J connectivity index is 1.82. The second-order valence-electron chi connectivity index (χ2n) is 5.25. The molecule has 1 heteroatoms. The van der Waals surface area contributed by atoms with E-state index in [9.17, 15) is 0 Å². The van der Waals surface area contributed by atoms with Gasteiger partial charge < -0.3 is 5.32 Å². The molecule has 0 atom stereocenters. The van der Waals surface area contributed by atoms with E-state index in [0.717, 1.165) is 6.04 Å². The Hall–Kier alpha value is -0.0400. The molecule has 1 aliphatic rings. The van der Waals surface area contributed by atoms with Gasteiger partial charge in [0, 0.05) is 6.04 Å². The van der Waals surface area contributed by atoms with Gasteiger partial charge in [0.25, 0.3) is 0 Å². The van der Waals surface area contributed by atoms with Crippen molar-refractivity contribution in [2.75, 3.05) is 6.54 Å². The molecule has 1 aliphatic carbocycles. The smallest absolute Gasteiger partial charge is 0.00682 e. The molecule has 72 valence electrons. The Bertz CT molecular complexity index is 119. The number of rotatable bonds is 5. The first-order valence-corrected chi connectivity index (χ1v) is 5.31. The number of unbranched alkanes of at least 4 members (excludes halogenated alkanes) is 1. The molecular formula is C11H23N. The molecule has 1 fully saturated rings. The maximum absolute atomic E-state index is 3.54. The molecule has 0 aliphatic heterocycles. The quantitative estimate of drug-likeness (QED) is 0.624. The Morgan fingerprint density at radius 2 is 1.83 bits per heavy atom. The highest BCUT2D eigenvalue weighted by molar-refractivity contribution is 4.80. The maximum Gasteiger partial charge on any atom is 0.00682 e. The summed E-state index contributed by atoms with van der Waals surface area (Å²) in [4.78, 5) is 0. The van der Waals surface area contributed by atoms with Gasteiger partial charge in [-0.15, -0.1) is 0 Å². The molecule has 0 unspecified atom stereocenters. The number of nitrogens with one attached hydrogen (secondary N) is 1. The van der Waals surface area contributed by atoms with Gasteiger partial charge in [0.15, 0.2) is 0 Å². The predicted octanol–water partition coefficient (Wildman–Crippen LogP) is 2.95. The van der Waals surface area contributed by atoms with Crippen LogP contribution < -0.4 is 5.32 Å². The summed E-state index contributed by atoms with van der Waals surface area (Å²) in [6.07, 6.45) is 6.93. The second kappa shape index (κ2) is 4.27. The van der Waals surface area contributed by atoms with E-state index in [0.29, 0.717) is 5.41 Å². The van der Waals surface area contributed by atoms with Crippen molar-refractivity contribution in [3.05, 3.63) is 0 Å². The van der Waals surface area contributed by atoms with Crippen LogP contribution in [0.15, 0.2) is 0 Å². The Labute approximate surface area is 76.9 Å². The van der Waals surface area contributed by atoms with E-state index in [1.54, 1.807) is 0 Å². The molecule has 12 heavy (non-hydrogen) atoms. The standard InChI is InChI=1S/C11H23N/c1-11(2,3)8-4-5-9-12-10-6-7-10/h10,12H,4-9H2,1-3H3. The Morgan fingerprint density at radius 3 is 2.33 bits per heavy atom. The highest BCUT2D eigenvalue weighted by Crippen LogP contribution is 2.22. The molecule has 0 spiro atoms.